The number of H-pyrrole nitrogens is 1. The number of hydrogen-bond acceptors (Lipinski definition) is 8. The quantitative estimate of drug-likeness (QED) is 0.517. The Morgan fingerprint density at radius 2 is 2.20 bits per heavy atom. The average Bonchev–Trinajstić information content (AvgIpc) is 3.46. The molecule has 152 valence electrons. The molecule has 1 aliphatic heterocycles. The highest BCUT2D eigenvalue weighted by molar-refractivity contribution is 7.15. The van der Waals surface area contributed by atoms with Crippen LogP contribution in [-0.4, -0.2) is 49.0 Å². The molecule has 0 atom stereocenters. The molecule has 0 bridgehead atoms. The first-order valence-electron chi connectivity index (χ1n) is 9.25. The number of anilines is 1. The number of rotatable bonds is 4. The van der Waals surface area contributed by atoms with Crippen LogP contribution in [0.4, 0.5) is 5.82 Å². The Labute approximate surface area is 175 Å². The van der Waals surface area contributed by atoms with Crippen molar-refractivity contribution in [1.29, 1.82) is 0 Å². The van der Waals surface area contributed by atoms with Crippen molar-refractivity contribution in [3.63, 3.8) is 0 Å². The van der Waals surface area contributed by atoms with Crippen molar-refractivity contribution in [3.05, 3.63) is 47.2 Å². The fraction of sp³-hybridized carbons (Fsp3) is 0.211. The molecule has 11 heteroatoms. The zero-order valence-corrected chi connectivity index (χ0v) is 17.1. The highest BCUT2D eigenvalue weighted by Crippen LogP contribution is 2.38. The molecule has 3 N–H and O–H groups in total. The van der Waals surface area contributed by atoms with Crippen molar-refractivity contribution >= 4 is 34.1 Å². The molecule has 30 heavy (non-hydrogen) atoms. The van der Waals surface area contributed by atoms with Gasteiger partial charge in [-0.1, -0.05) is 0 Å². The summed E-state index contributed by atoms with van der Waals surface area (Å²) < 4.78 is 7.11. The third-order valence-corrected chi connectivity index (χ3v) is 5.85. The first-order chi connectivity index (χ1) is 14.5. The number of thiazole rings is 1. The lowest BCUT2D eigenvalue weighted by Crippen LogP contribution is -2.29. The Hall–Kier alpha value is -3.73. The summed E-state index contributed by atoms with van der Waals surface area (Å²) in [5.41, 5.74) is 8.23. The van der Waals surface area contributed by atoms with Crippen molar-refractivity contribution in [2.24, 2.45) is 5.73 Å². The van der Waals surface area contributed by atoms with E-state index < -0.39 is 5.91 Å². The molecule has 5 rings (SSSR count). The van der Waals surface area contributed by atoms with E-state index in [1.54, 1.807) is 23.3 Å². The van der Waals surface area contributed by atoms with E-state index in [4.69, 9.17) is 15.5 Å². The maximum Gasteiger partial charge on any atom is 0.268 e. The molecule has 4 aromatic heterocycles. The van der Waals surface area contributed by atoms with Crippen molar-refractivity contribution in [1.82, 2.24) is 29.9 Å². The number of carbonyl (C=O) groups excluding carboxylic acids is 1. The van der Waals surface area contributed by atoms with E-state index >= 15 is 0 Å². The Morgan fingerprint density at radius 1 is 1.33 bits per heavy atom. The van der Waals surface area contributed by atoms with Crippen LogP contribution in [0.2, 0.25) is 0 Å². The highest BCUT2D eigenvalue weighted by atomic mass is 32.1. The summed E-state index contributed by atoms with van der Waals surface area (Å²) in [6, 6.07) is 3.76. The van der Waals surface area contributed by atoms with E-state index in [1.165, 1.54) is 11.3 Å². The van der Waals surface area contributed by atoms with Gasteiger partial charge in [-0.25, -0.2) is 9.97 Å². The number of allylic oxidation sites excluding steroid dienone is 1. The Balaban J connectivity index is 1.80. The van der Waals surface area contributed by atoms with Gasteiger partial charge in [-0.05, 0) is 19.9 Å². The number of pyridine rings is 1. The molecule has 0 radical (unpaired) electrons. The van der Waals surface area contributed by atoms with E-state index in [0.29, 0.717) is 29.5 Å². The minimum Gasteiger partial charge on any atom is -0.498 e. The van der Waals surface area contributed by atoms with Gasteiger partial charge < -0.3 is 15.4 Å². The number of fused-ring (bicyclic) bond motifs is 1. The second-order valence-electron chi connectivity index (χ2n) is 6.82. The molecule has 0 unspecified atom stereocenters. The molecule has 0 aliphatic carbocycles. The second kappa shape index (κ2) is 6.95. The smallest absolute Gasteiger partial charge is 0.268 e. The lowest BCUT2D eigenvalue weighted by molar-refractivity contribution is 0.0996. The molecule has 1 amide bonds. The first kappa shape index (κ1) is 18.3. The molecule has 0 spiro atoms. The number of primary amides is 1. The summed E-state index contributed by atoms with van der Waals surface area (Å²) in [5.74, 6) is 0.840. The lowest BCUT2D eigenvalue weighted by Gasteiger charge is -2.28. The van der Waals surface area contributed by atoms with Crippen LogP contribution in [0.15, 0.2) is 36.5 Å². The van der Waals surface area contributed by atoms with Crippen molar-refractivity contribution in [2.75, 3.05) is 18.1 Å². The van der Waals surface area contributed by atoms with Crippen LogP contribution in [0.25, 0.3) is 27.3 Å². The summed E-state index contributed by atoms with van der Waals surface area (Å²) in [4.78, 5) is 24.0. The van der Waals surface area contributed by atoms with Gasteiger partial charge >= 0.3 is 0 Å². The van der Waals surface area contributed by atoms with Crippen LogP contribution in [-0.2, 0) is 4.74 Å². The van der Waals surface area contributed by atoms with Gasteiger partial charge in [0.05, 0.1) is 34.5 Å². The number of aromatic nitrogens is 6. The third-order valence-electron chi connectivity index (χ3n) is 4.84. The summed E-state index contributed by atoms with van der Waals surface area (Å²) in [6.45, 7) is 5.02. The summed E-state index contributed by atoms with van der Waals surface area (Å²) in [5, 5.41) is 13.0. The summed E-state index contributed by atoms with van der Waals surface area (Å²) >= 11 is 1.42. The number of ether oxygens (including phenoxy) is 1. The average molecular weight is 422 g/mol. The number of carbonyl (C=O) groups is 1. The number of nitrogens with two attached hydrogens (primary N) is 1. The summed E-state index contributed by atoms with van der Waals surface area (Å²) in [6.07, 6.45) is 5.09. The largest absolute Gasteiger partial charge is 0.498 e. The predicted octanol–water partition coefficient (Wildman–Crippen LogP) is 2.37. The Kier molecular flexibility index (Phi) is 4.24. The monoisotopic (exact) mass is 422 g/mol. The normalized spacial score (nSPS) is 14.1. The van der Waals surface area contributed by atoms with Crippen LogP contribution in [0.1, 0.15) is 22.4 Å². The van der Waals surface area contributed by atoms with E-state index in [2.05, 4.69) is 25.2 Å². The molecule has 0 aromatic carbocycles. The molecular formula is C19H18N8O2S. The number of aryl methyl sites for hydroxylation is 1. The van der Waals surface area contributed by atoms with E-state index in [1.807, 2.05) is 26.0 Å². The van der Waals surface area contributed by atoms with Crippen LogP contribution in [0, 0.1) is 6.92 Å². The van der Waals surface area contributed by atoms with Crippen LogP contribution < -0.4 is 10.6 Å². The standard InChI is InChI=1S/C19H18N8O2S/c1-10-9-29-6-5-26(10)15-7-12(17-16(18(20)28)23-11(2)30-17)13-8-22-27(19(13)24-15)14-3-4-21-25-14/h3-4,7-9H,5-6H2,1-2H3,(H2,20,28)(H,21,25). The zero-order chi connectivity index (χ0) is 20.8. The number of nitrogens with zero attached hydrogens (tertiary/aromatic N) is 6. The van der Waals surface area contributed by atoms with Gasteiger partial charge in [0.1, 0.15) is 24.4 Å². The Bertz CT molecular complexity index is 1290. The van der Waals surface area contributed by atoms with Gasteiger partial charge in [-0.15, -0.1) is 11.3 Å². The van der Waals surface area contributed by atoms with Crippen LogP contribution in [0.3, 0.4) is 0 Å². The molecule has 0 saturated carbocycles. The molecule has 1 aliphatic rings. The number of amides is 1. The third kappa shape index (κ3) is 2.90. The minimum atomic E-state index is -0.565. The maximum atomic E-state index is 12.1. The number of hydrogen-bond donors (Lipinski definition) is 2. The van der Waals surface area contributed by atoms with E-state index in [9.17, 15) is 4.79 Å². The fourth-order valence-electron chi connectivity index (χ4n) is 3.49. The topological polar surface area (TPSA) is 128 Å². The molecule has 10 nitrogen and oxygen atoms in total. The lowest BCUT2D eigenvalue weighted by atomic mass is 10.1. The van der Waals surface area contributed by atoms with Crippen molar-refractivity contribution in [3.8, 4) is 16.3 Å². The maximum absolute atomic E-state index is 12.1. The van der Waals surface area contributed by atoms with Crippen molar-refractivity contribution < 1.29 is 9.53 Å². The van der Waals surface area contributed by atoms with Gasteiger partial charge in [-0.3, -0.25) is 9.89 Å². The Morgan fingerprint density at radius 3 is 2.93 bits per heavy atom. The van der Waals surface area contributed by atoms with Crippen LogP contribution in [0.5, 0.6) is 0 Å². The zero-order valence-electron chi connectivity index (χ0n) is 16.3. The van der Waals surface area contributed by atoms with Gasteiger partial charge in [0.2, 0.25) is 0 Å². The summed E-state index contributed by atoms with van der Waals surface area (Å²) in [7, 11) is 0. The molecule has 4 aromatic rings. The highest BCUT2D eigenvalue weighted by Gasteiger charge is 2.24. The van der Waals surface area contributed by atoms with E-state index in [-0.39, 0.29) is 5.69 Å². The van der Waals surface area contributed by atoms with Gasteiger partial charge in [0.25, 0.3) is 5.91 Å². The molecule has 0 fully saturated rings. The van der Waals surface area contributed by atoms with Gasteiger partial charge in [0.15, 0.2) is 11.5 Å². The van der Waals surface area contributed by atoms with Gasteiger partial charge in [0, 0.05) is 17.0 Å². The number of aromatic amines is 1. The SMILES string of the molecule is CC1=COCCN1c1cc(-c2sc(C)nc2C(N)=O)c2cnn(-c3ccn[nH]3)c2n1. The second-order valence-corrected chi connectivity index (χ2v) is 8.02. The predicted molar refractivity (Wildman–Crippen MR) is 112 cm³/mol. The molecular weight excluding hydrogens is 404 g/mol. The fourth-order valence-corrected chi connectivity index (χ4v) is 4.45. The molecule has 5 heterocycles. The minimum absolute atomic E-state index is 0.250. The first-order valence-corrected chi connectivity index (χ1v) is 10.1. The van der Waals surface area contributed by atoms with Crippen molar-refractivity contribution in [2.45, 2.75) is 13.8 Å². The number of nitrogens with one attached hydrogen (secondary N) is 1. The van der Waals surface area contributed by atoms with Crippen LogP contribution >= 0.6 is 11.3 Å². The van der Waals surface area contributed by atoms with E-state index in [0.717, 1.165) is 27.5 Å². The van der Waals surface area contributed by atoms with Gasteiger partial charge in [-0.2, -0.15) is 14.9 Å². The molecule has 0 saturated heterocycles.